The monoisotopic (exact) mass is 272 g/mol. The first-order valence-corrected chi connectivity index (χ1v) is 8.22. The molecule has 92 valence electrons. The standard InChI is InChI=1S/C11H12O4S2/c1-9-11(7-8-16(9,12)13)17(14,15)10-5-3-2-4-6-10/h2-9,11H,1H3. The molecule has 0 fully saturated rings. The van der Waals surface area contributed by atoms with Gasteiger partial charge in [-0.15, -0.1) is 0 Å². The quantitative estimate of drug-likeness (QED) is 0.810. The molecule has 0 saturated carbocycles. The zero-order chi connectivity index (χ0) is 12.7. The van der Waals surface area contributed by atoms with Gasteiger partial charge in [0.2, 0.25) is 0 Å². The highest BCUT2D eigenvalue weighted by molar-refractivity contribution is 7.98. The maximum Gasteiger partial charge on any atom is 0.186 e. The average molecular weight is 272 g/mol. The molecule has 0 aromatic heterocycles. The molecule has 1 aliphatic heterocycles. The maximum atomic E-state index is 12.2. The Labute approximate surface area is 101 Å². The fraction of sp³-hybridized carbons (Fsp3) is 0.273. The van der Waals surface area contributed by atoms with Crippen LogP contribution in [0.3, 0.4) is 0 Å². The van der Waals surface area contributed by atoms with Crippen LogP contribution in [0.2, 0.25) is 0 Å². The van der Waals surface area contributed by atoms with Gasteiger partial charge in [-0.25, -0.2) is 16.8 Å². The summed E-state index contributed by atoms with van der Waals surface area (Å²) in [5, 5.41) is -0.925. The summed E-state index contributed by atoms with van der Waals surface area (Å²) in [5.74, 6) is 0. The van der Waals surface area contributed by atoms with Crippen LogP contribution in [0.1, 0.15) is 6.92 Å². The maximum absolute atomic E-state index is 12.2. The van der Waals surface area contributed by atoms with Crippen LogP contribution in [0.4, 0.5) is 0 Å². The van der Waals surface area contributed by atoms with Crippen molar-refractivity contribution in [3.63, 3.8) is 0 Å². The highest BCUT2D eigenvalue weighted by Gasteiger charge is 2.40. The number of hydrogen-bond donors (Lipinski definition) is 0. The summed E-state index contributed by atoms with van der Waals surface area (Å²) in [6.07, 6.45) is 1.25. The minimum absolute atomic E-state index is 0.151. The fourth-order valence-electron chi connectivity index (χ4n) is 1.78. The highest BCUT2D eigenvalue weighted by atomic mass is 32.2. The Kier molecular flexibility index (Phi) is 2.87. The van der Waals surface area contributed by atoms with E-state index in [9.17, 15) is 16.8 Å². The van der Waals surface area contributed by atoms with E-state index < -0.39 is 30.2 Å². The first-order chi connectivity index (χ1) is 7.86. The average Bonchev–Trinajstić information content (AvgIpc) is 2.56. The van der Waals surface area contributed by atoms with Crippen LogP contribution in [-0.4, -0.2) is 27.3 Å². The topological polar surface area (TPSA) is 68.3 Å². The molecule has 0 amide bonds. The minimum atomic E-state index is -3.62. The van der Waals surface area contributed by atoms with Gasteiger partial charge in [-0.05, 0) is 19.1 Å². The molecular weight excluding hydrogens is 260 g/mol. The van der Waals surface area contributed by atoms with E-state index in [-0.39, 0.29) is 4.90 Å². The molecular formula is C11H12O4S2. The summed E-state index contributed by atoms with van der Waals surface area (Å²) in [6, 6.07) is 7.89. The lowest BCUT2D eigenvalue weighted by atomic mass is 10.3. The molecule has 6 heteroatoms. The van der Waals surface area contributed by atoms with Crippen LogP contribution in [0.15, 0.2) is 46.7 Å². The summed E-state index contributed by atoms with van der Waals surface area (Å²) in [6.45, 7) is 1.42. The van der Waals surface area contributed by atoms with E-state index in [4.69, 9.17) is 0 Å². The Morgan fingerprint density at radius 1 is 1.12 bits per heavy atom. The molecule has 1 aromatic rings. The summed E-state index contributed by atoms with van der Waals surface area (Å²) in [7, 11) is -7.05. The molecule has 2 atom stereocenters. The molecule has 0 N–H and O–H groups in total. The van der Waals surface area contributed by atoms with Crippen molar-refractivity contribution in [2.24, 2.45) is 0 Å². The molecule has 2 rings (SSSR count). The molecule has 1 aromatic carbocycles. The van der Waals surface area contributed by atoms with Crippen LogP contribution >= 0.6 is 0 Å². The van der Waals surface area contributed by atoms with Gasteiger partial charge in [-0.3, -0.25) is 0 Å². The Balaban J connectivity index is 2.47. The lowest BCUT2D eigenvalue weighted by Gasteiger charge is -2.14. The lowest BCUT2D eigenvalue weighted by Crippen LogP contribution is -2.31. The number of rotatable bonds is 2. The predicted molar refractivity (Wildman–Crippen MR) is 64.9 cm³/mol. The Morgan fingerprint density at radius 2 is 1.71 bits per heavy atom. The first-order valence-electron chi connectivity index (χ1n) is 5.07. The van der Waals surface area contributed by atoms with Crippen molar-refractivity contribution in [1.29, 1.82) is 0 Å². The molecule has 1 aliphatic rings. The van der Waals surface area contributed by atoms with Crippen molar-refractivity contribution in [2.45, 2.75) is 22.3 Å². The van der Waals surface area contributed by atoms with Crippen molar-refractivity contribution >= 4 is 19.7 Å². The second-order valence-corrected chi connectivity index (χ2v) is 8.24. The minimum Gasteiger partial charge on any atom is -0.224 e. The first kappa shape index (κ1) is 12.3. The van der Waals surface area contributed by atoms with Gasteiger partial charge in [-0.2, -0.15) is 0 Å². The van der Waals surface area contributed by atoms with E-state index in [0.717, 1.165) is 5.41 Å². The van der Waals surface area contributed by atoms with E-state index in [1.54, 1.807) is 18.2 Å². The lowest BCUT2D eigenvalue weighted by molar-refractivity contribution is 0.576. The van der Waals surface area contributed by atoms with Gasteiger partial charge in [0.1, 0.15) is 5.25 Å². The smallest absolute Gasteiger partial charge is 0.186 e. The van der Waals surface area contributed by atoms with E-state index >= 15 is 0 Å². The summed E-state index contributed by atoms with van der Waals surface area (Å²) in [5.41, 5.74) is 0. The third kappa shape index (κ3) is 2.02. The Hall–Kier alpha value is -1.14. The van der Waals surface area contributed by atoms with Gasteiger partial charge >= 0.3 is 0 Å². The van der Waals surface area contributed by atoms with Crippen molar-refractivity contribution < 1.29 is 16.8 Å². The van der Waals surface area contributed by atoms with Crippen LogP contribution in [0.25, 0.3) is 0 Å². The SMILES string of the molecule is CC1C(S(=O)(=O)c2ccccc2)C=CS1(=O)=O. The van der Waals surface area contributed by atoms with E-state index in [0.29, 0.717) is 0 Å². The van der Waals surface area contributed by atoms with Crippen LogP contribution in [-0.2, 0) is 19.7 Å². The van der Waals surface area contributed by atoms with E-state index in [2.05, 4.69) is 0 Å². The van der Waals surface area contributed by atoms with Gasteiger partial charge in [0, 0.05) is 5.41 Å². The van der Waals surface area contributed by atoms with Gasteiger partial charge in [0.25, 0.3) is 0 Å². The number of sulfone groups is 2. The summed E-state index contributed by atoms with van der Waals surface area (Å²) in [4.78, 5) is 0.151. The third-order valence-corrected chi connectivity index (χ3v) is 7.12. The number of benzene rings is 1. The molecule has 0 radical (unpaired) electrons. The molecule has 0 spiro atoms. The Morgan fingerprint density at radius 3 is 2.18 bits per heavy atom. The molecule has 4 nitrogen and oxygen atoms in total. The fourth-order valence-corrected chi connectivity index (χ4v) is 5.52. The molecule has 0 saturated heterocycles. The molecule has 0 aliphatic carbocycles. The van der Waals surface area contributed by atoms with Gasteiger partial charge in [-0.1, -0.05) is 24.3 Å². The largest absolute Gasteiger partial charge is 0.224 e. The van der Waals surface area contributed by atoms with Crippen LogP contribution in [0, 0.1) is 0 Å². The highest BCUT2D eigenvalue weighted by Crippen LogP contribution is 2.28. The van der Waals surface area contributed by atoms with Crippen LogP contribution < -0.4 is 0 Å². The second-order valence-electron chi connectivity index (χ2n) is 3.95. The third-order valence-electron chi connectivity index (χ3n) is 2.87. The molecule has 2 unspecified atom stereocenters. The zero-order valence-electron chi connectivity index (χ0n) is 9.15. The summed E-state index contributed by atoms with van der Waals surface area (Å²) < 4.78 is 47.4. The molecule has 0 bridgehead atoms. The summed E-state index contributed by atoms with van der Waals surface area (Å²) >= 11 is 0. The zero-order valence-corrected chi connectivity index (χ0v) is 10.8. The van der Waals surface area contributed by atoms with E-state index in [1.807, 2.05) is 0 Å². The normalized spacial score (nSPS) is 27.1. The van der Waals surface area contributed by atoms with E-state index in [1.165, 1.54) is 25.1 Å². The van der Waals surface area contributed by atoms with Gasteiger partial charge in [0.15, 0.2) is 19.7 Å². The van der Waals surface area contributed by atoms with Crippen molar-refractivity contribution in [2.75, 3.05) is 0 Å². The Bertz CT molecular complexity index is 642. The van der Waals surface area contributed by atoms with Crippen LogP contribution in [0.5, 0.6) is 0 Å². The van der Waals surface area contributed by atoms with Crippen molar-refractivity contribution in [3.8, 4) is 0 Å². The molecule has 17 heavy (non-hydrogen) atoms. The predicted octanol–water partition coefficient (Wildman–Crippen LogP) is 1.16. The molecule has 1 heterocycles. The second kappa shape index (κ2) is 3.96. The van der Waals surface area contributed by atoms with Gasteiger partial charge in [0.05, 0.1) is 10.1 Å². The van der Waals surface area contributed by atoms with Crippen molar-refractivity contribution in [3.05, 3.63) is 41.8 Å². The number of hydrogen-bond acceptors (Lipinski definition) is 4. The van der Waals surface area contributed by atoms with Gasteiger partial charge < -0.3 is 0 Å². The van der Waals surface area contributed by atoms with Crippen molar-refractivity contribution in [1.82, 2.24) is 0 Å².